The van der Waals surface area contributed by atoms with E-state index in [2.05, 4.69) is 0 Å². The van der Waals surface area contributed by atoms with E-state index >= 15 is 0 Å². The fourth-order valence-corrected chi connectivity index (χ4v) is 2.54. The minimum absolute atomic E-state index is 0.200. The molecule has 8 heteroatoms. The number of halogens is 3. The van der Waals surface area contributed by atoms with Gasteiger partial charge < -0.3 is 14.5 Å². The number of hydrogen-bond acceptors (Lipinski definition) is 4. The average Bonchev–Trinajstić information content (AvgIpc) is 2.70. The van der Waals surface area contributed by atoms with E-state index in [1.165, 1.54) is 23.1 Å². The molecule has 0 saturated carbocycles. The van der Waals surface area contributed by atoms with Crippen LogP contribution in [0.25, 0.3) is 6.08 Å². The number of hydrogen-bond donors (Lipinski definition) is 0. The molecule has 0 aliphatic heterocycles. The van der Waals surface area contributed by atoms with Crippen LogP contribution in [0.3, 0.4) is 0 Å². The van der Waals surface area contributed by atoms with Crippen molar-refractivity contribution in [3.63, 3.8) is 0 Å². The van der Waals surface area contributed by atoms with Crippen LogP contribution >= 0.6 is 0 Å². The molecule has 0 aromatic heterocycles. The Kier molecular flexibility index (Phi) is 7.63. The third-order valence-corrected chi connectivity index (χ3v) is 4.26. The quantitative estimate of drug-likeness (QED) is 0.502. The Balaban J connectivity index is 1.85. The summed E-state index contributed by atoms with van der Waals surface area (Å²) in [5, 5.41) is 0. The van der Waals surface area contributed by atoms with Gasteiger partial charge in [0.25, 0.3) is 5.91 Å². The van der Waals surface area contributed by atoms with Crippen molar-refractivity contribution in [1.82, 2.24) is 4.90 Å². The number of benzene rings is 2. The maximum Gasteiger partial charge on any atom is 0.416 e. The normalized spacial score (nSPS) is 11.4. The molecule has 2 aromatic rings. The average molecular weight is 420 g/mol. The number of ether oxygens (including phenoxy) is 1. The topological polar surface area (TPSA) is 49.9 Å². The number of likely N-dealkylation sites (N-methyl/N-ethyl adjacent to an activating group) is 1. The Bertz CT molecular complexity index is 907. The molecular weight excluding hydrogens is 397 g/mol. The van der Waals surface area contributed by atoms with E-state index in [4.69, 9.17) is 4.74 Å². The fourth-order valence-electron chi connectivity index (χ4n) is 2.54. The zero-order valence-corrected chi connectivity index (χ0v) is 16.9. The van der Waals surface area contributed by atoms with Gasteiger partial charge in [0.15, 0.2) is 6.61 Å². The number of carbonyl (C=O) groups excluding carboxylic acids is 2. The molecule has 0 bridgehead atoms. The highest BCUT2D eigenvalue weighted by Gasteiger charge is 2.30. The number of amides is 1. The Morgan fingerprint density at radius 1 is 1.03 bits per heavy atom. The summed E-state index contributed by atoms with van der Waals surface area (Å²) in [7, 11) is 5.45. The predicted molar refractivity (Wildman–Crippen MR) is 109 cm³/mol. The van der Waals surface area contributed by atoms with E-state index in [9.17, 15) is 22.8 Å². The van der Waals surface area contributed by atoms with Crippen molar-refractivity contribution in [2.75, 3.05) is 32.6 Å². The van der Waals surface area contributed by atoms with E-state index in [1.54, 1.807) is 7.05 Å². The van der Waals surface area contributed by atoms with E-state index in [0.29, 0.717) is 6.54 Å². The van der Waals surface area contributed by atoms with Crippen LogP contribution in [0.5, 0.6) is 0 Å². The lowest BCUT2D eigenvalue weighted by atomic mass is 10.1. The molecule has 0 heterocycles. The van der Waals surface area contributed by atoms with Gasteiger partial charge in [-0.1, -0.05) is 24.3 Å². The van der Waals surface area contributed by atoms with E-state index in [1.807, 2.05) is 43.3 Å². The van der Waals surface area contributed by atoms with Crippen molar-refractivity contribution >= 4 is 23.6 Å². The molecule has 0 saturated heterocycles. The van der Waals surface area contributed by atoms with Crippen molar-refractivity contribution in [1.29, 1.82) is 0 Å². The third-order valence-electron chi connectivity index (χ3n) is 4.26. The molecule has 0 fully saturated rings. The molecule has 30 heavy (non-hydrogen) atoms. The smallest absolute Gasteiger partial charge is 0.416 e. The van der Waals surface area contributed by atoms with Crippen molar-refractivity contribution in [3.05, 3.63) is 71.3 Å². The van der Waals surface area contributed by atoms with E-state index in [-0.39, 0.29) is 5.56 Å². The Morgan fingerprint density at radius 3 is 2.30 bits per heavy atom. The number of rotatable bonds is 7. The van der Waals surface area contributed by atoms with Crippen LogP contribution in [0, 0.1) is 0 Å². The molecule has 0 aliphatic rings. The highest BCUT2D eigenvalue weighted by atomic mass is 19.4. The Labute approximate surface area is 173 Å². The van der Waals surface area contributed by atoms with Crippen molar-refractivity contribution < 1.29 is 27.5 Å². The lowest BCUT2D eigenvalue weighted by molar-refractivity contribution is -0.147. The minimum Gasteiger partial charge on any atom is -0.452 e. The maximum atomic E-state index is 12.7. The van der Waals surface area contributed by atoms with Crippen LogP contribution in [-0.4, -0.2) is 44.5 Å². The summed E-state index contributed by atoms with van der Waals surface area (Å²) in [6.45, 7) is -0.109. The van der Waals surface area contributed by atoms with Crippen LogP contribution in [0.4, 0.5) is 18.9 Å². The van der Waals surface area contributed by atoms with Gasteiger partial charge >= 0.3 is 12.1 Å². The first-order valence-electron chi connectivity index (χ1n) is 9.08. The Hall–Kier alpha value is -3.29. The second-order valence-electron chi connectivity index (χ2n) is 6.87. The van der Waals surface area contributed by atoms with Gasteiger partial charge in [0.2, 0.25) is 0 Å². The standard InChI is InChI=1S/C22H23F3N2O3/c1-26(2)19-10-7-17(8-11-19)14-27(3)20(28)15-30-21(29)12-9-16-5-4-6-18(13-16)22(23,24)25/h4-13H,14-15H2,1-3H3/b12-9+. The first-order chi connectivity index (χ1) is 14.1. The lowest BCUT2D eigenvalue weighted by Gasteiger charge is -2.18. The van der Waals surface area contributed by atoms with Gasteiger partial charge in [-0.3, -0.25) is 4.79 Å². The molecule has 0 unspecified atom stereocenters. The molecule has 5 nitrogen and oxygen atoms in total. The Morgan fingerprint density at radius 2 is 1.70 bits per heavy atom. The van der Waals surface area contributed by atoms with Crippen molar-refractivity contribution in [2.24, 2.45) is 0 Å². The first-order valence-corrected chi connectivity index (χ1v) is 9.08. The molecule has 0 radical (unpaired) electrons. The van der Waals surface area contributed by atoms with Gasteiger partial charge in [0, 0.05) is 39.5 Å². The lowest BCUT2D eigenvalue weighted by Crippen LogP contribution is -2.30. The summed E-state index contributed by atoms with van der Waals surface area (Å²) in [5.41, 5.74) is 1.35. The van der Waals surface area contributed by atoms with Crippen LogP contribution < -0.4 is 4.90 Å². The molecule has 0 aliphatic carbocycles. The second-order valence-corrected chi connectivity index (χ2v) is 6.87. The number of alkyl halides is 3. The molecule has 0 spiro atoms. The van der Waals surface area contributed by atoms with Gasteiger partial charge in [0.1, 0.15) is 0 Å². The summed E-state index contributed by atoms with van der Waals surface area (Å²) >= 11 is 0. The number of anilines is 1. The largest absolute Gasteiger partial charge is 0.452 e. The highest BCUT2D eigenvalue weighted by molar-refractivity contribution is 5.89. The summed E-state index contributed by atoms with van der Waals surface area (Å²) in [6, 6.07) is 12.2. The predicted octanol–water partition coefficient (Wildman–Crippen LogP) is 3.99. The van der Waals surface area contributed by atoms with Crippen molar-refractivity contribution in [2.45, 2.75) is 12.7 Å². The molecule has 0 N–H and O–H groups in total. The number of carbonyl (C=O) groups is 2. The van der Waals surface area contributed by atoms with Crippen LogP contribution in [-0.2, 0) is 27.0 Å². The third kappa shape index (κ3) is 6.95. The molecule has 160 valence electrons. The number of nitrogens with zero attached hydrogens (tertiary/aromatic N) is 2. The minimum atomic E-state index is -4.46. The molecule has 1 amide bonds. The summed E-state index contributed by atoms with van der Waals surface area (Å²) in [6.07, 6.45) is -2.27. The van der Waals surface area contributed by atoms with Crippen LogP contribution in [0.15, 0.2) is 54.6 Å². The summed E-state index contributed by atoms with van der Waals surface area (Å²) < 4.78 is 43.0. The zero-order valence-electron chi connectivity index (χ0n) is 16.9. The highest BCUT2D eigenvalue weighted by Crippen LogP contribution is 2.29. The summed E-state index contributed by atoms with van der Waals surface area (Å²) in [4.78, 5) is 27.3. The fraction of sp³-hybridized carbons (Fsp3) is 0.273. The van der Waals surface area contributed by atoms with Crippen LogP contribution in [0.2, 0.25) is 0 Å². The van der Waals surface area contributed by atoms with Gasteiger partial charge in [-0.2, -0.15) is 13.2 Å². The summed E-state index contributed by atoms with van der Waals surface area (Å²) in [5.74, 6) is -1.21. The zero-order chi connectivity index (χ0) is 22.3. The first kappa shape index (κ1) is 23.0. The van der Waals surface area contributed by atoms with Gasteiger partial charge in [0.05, 0.1) is 5.56 Å². The van der Waals surface area contributed by atoms with Gasteiger partial charge in [-0.25, -0.2) is 4.79 Å². The molecule has 2 rings (SSSR count). The second kappa shape index (κ2) is 9.96. The van der Waals surface area contributed by atoms with Gasteiger partial charge in [-0.15, -0.1) is 0 Å². The van der Waals surface area contributed by atoms with E-state index in [0.717, 1.165) is 29.5 Å². The van der Waals surface area contributed by atoms with Crippen molar-refractivity contribution in [3.8, 4) is 0 Å². The van der Waals surface area contributed by atoms with E-state index < -0.39 is 30.2 Å². The monoisotopic (exact) mass is 420 g/mol. The molecular formula is C22H23F3N2O3. The maximum absolute atomic E-state index is 12.7. The SMILES string of the molecule is CN(Cc1ccc(N(C)C)cc1)C(=O)COC(=O)/C=C/c1cccc(C(F)(F)F)c1. The molecule has 0 atom stereocenters. The number of esters is 1. The molecule has 2 aromatic carbocycles. The van der Waals surface area contributed by atoms with Gasteiger partial charge in [-0.05, 0) is 41.5 Å². The van der Waals surface area contributed by atoms with Crippen LogP contribution in [0.1, 0.15) is 16.7 Å².